The molecular formula is C18H35N3O2Si. The van der Waals surface area contributed by atoms with E-state index in [1.165, 1.54) is 0 Å². The number of ketones is 1. The molecule has 1 rings (SSSR count). The predicted molar refractivity (Wildman–Crippen MR) is 102 cm³/mol. The van der Waals surface area contributed by atoms with Crippen LogP contribution in [0.5, 0.6) is 0 Å². The van der Waals surface area contributed by atoms with Crippen molar-refractivity contribution < 1.29 is 9.22 Å². The van der Waals surface area contributed by atoms with Crippen LogP contribution in [0.15, 0.2) is 5.11 Å². The van der Waals surface area contributed by atoms with Crippen LogP contribution in [0.1, 0.15) is 73.6 Å². The summed E-state index contributed by atoms with van der Waals surface area (Å²) >= 11 is 0. The third-order valence-corrected chi connectivity index (χ3v) is 11.8. The fourth-order valence-corrected chi connectivity index (χ4v) is 10.2. The van der Waals surface area contributed by atoms with Crippen molar-refractivity contribution in [1.29, 1.82) is 0 Å². The summed E-state index contributed by atoms with van der Waals surface area (Å²) in [5.74, 6) is 0.502. The third-order valence-electron chi connectivity index (χ3n) is 5.63. The minimum Gasteiger partial charge on any atom is -0.413 e. The van der Waals surface area contributed by atoms with Gasteiger partial charge in [-0.25, -0.2) is 0 Å². The zero-order chi connectivity index (χ0) is 18.3. The van der Waals surface area contributed by atoms with Crippen molar-refractivity contribution in [2.45, 2.75) is 96.4 Å². The summed E-state index contributed by atoms with van der Waals surface area (Å²) in [7, 11) is -1.91. The summed E-state index contributed by atoms with van der Waals surface area (Å²) in [5, 5.41) is 3.55. The molecule has 0 aliphatic heterocycles. The number of unbranched alkanes of at least 4 members (excludes halogenated alkanes) is 1. The van der Waals surface area contributed by atoms with Gasteiger partial charge in [-0.05, 0) is 41.4 Å². The number of hydrogen-bond acceptors (Lipinski definition) is 3. The van der Waals surface area contributed by atoms with E-state index in [0.29, 0.717) is 35.4 Å². The summed E-state index contributed by atoms with van der Waals surface area (Å²) in [6.45, 7) is 14.3. The Morgan fingerprint density at radius 3 is 2.25 bits per heavy atom. The molecule has 1 saturated carbocycles. The normalized spacial score (nSPS) is 21.8. The second-order valence-electron chi connectivity index (χ2n) is 8.11. The molecule has 24 heavy (non-hydrogen) atoms. The van der Waals surface area contributed by atoms with Crippen LogP contribution < -0.4 is 0 Å². The molecule has 1 fully saturated rings. The first kappa shape index (κ1) is 21.2. The van der Waals surface area contributed by atoms with Gasteiger partial charge in [-0.2, -0.15) is 0 Å². The number of hydrogen-bond donors (Lipinski definition) is 0. The van der Waals surface area contributed by atoms with Gasteiger partial charge in [0.25, 0.3) is 0 Å². The van der Waals surface area contributed by atoms with Crippen LogP contribution in [0.3, 0.4) is 0 Å². The first-order valence-electron chi connectivity index (χ1n) is 9.47. The summed E-state index contributed by atoms with van der Waals surface area (Å²) in [4.78, 5) is 15.1. The van der Waals surface area contributed by atoms with Crippen LogP contribution in [0.4, 0.5) is 0 Å². The lowest BCUT2D eigenvalue weighted by Gasteiger charge is -2.44. The molecule has 0 unspecified atom stereocenters. The molecule has 0 N–H and O–H groups in total. The molecule has 0 saturated heterocycles. The molecule has 1 aliphatic carbocycles. The molecule has 0 radical (unpaired) electrons. The Balaban J connectivity index is 2.65. The Labute approximate surface area is 148 Å². The van der Waals surface area contributed by atoms with Gasteiger partial charge in [-0.1, -0.05) is 53.1 Å². The molecule has 0 heterocycles. The highest BCUT2D eigenvalue weighted by atomic mass is 28.4. The maximum Gasteiger partial charge on any atom is 0.200 e. The highest BCUT2D eigenvalue weighted by molar-refractivity contribution is 6.77. The minimum atomic E-state index is -1.91. The molecule has 138 valence electrons. The molecule has 5 nitrogen and oxygen atoms in total. The van der Waals surface area contributed by atoms with Crippen LogP contribution >= 0.6 is 0 Å². The van der Waals surface area contributed by atoms with Crippen LogP contribution in [0.25, 0.3) is 10.4 Å². The van der Waals surface area contributed by atoms with Gasteiger partial charge in [-0.3, -0.25) is 4.79 Å². The highest BCUT2D eigenvalue weighted by Crippen LogP contribution is 2.45. The standard InChI is InChI=1S/C18H35N3O2Si/c1-13(2)24(14(3)4,15(5)6)23-17-11-16(18(22)12-17)9-7-8-10-20-21-19/h13-17H,7-12H2,1-6H3/t16-,17+/m0/s1. The van der Waals surface area contributed by atoms with Crippen molar-refractivity contribution >= 4 is 14.1 Å². The van der Waals surface area contributed by atoms with Gasteiger partial charge in [0.05, 0.1) is 6.10 Å². The van der Waals surface area contributed by atoms with Crippen LogP contribution in [0, 0.1) is 5.92 Å². The van der Waals surface area contributed by atoms with Crippen molar-refractivity contribution in [3.63, 3.8) is 0 Å². The fraction of sp³-hybridized carbons (Fsp3) is 0.944. The Morgan fingerprint density at radius 2 is 1.75 bits per heavy atom. The smallest absolute Gasteiger partial charge is 0.200 e. The monoisotopic (exact) mass is 353 g/mol. The largest absolute Gasteiger partial charge is 0.413 e. The van der Waals surface area contributed by atoms with Crippen molar-refractivity contribution in [3.8, 4) is 0 Å². The number of nitrogens with zero attached hydrogens (tertiary/aromatic N) is 3. The van der Waals surface area contributed by atoms with Crippen LogP contribution in [-0.2, 0) is 9.22 Å². The molecule has 2 atom stereocenters. The van der Waals surface area contributed by atoms with Gasteiger partial charge in [0, 0.05) is 23.8 Å². The van der Waals surface area contributed by atoms with Gasteiger partial charge in [0.2, 0.25) is 8.32 Å². The van der Waals surface area contributed by atoms with Gasteiger partial charge >= 0.3 is 0 Å². The minimum absolute atomic E-state index is 0.110. The van der Waals surface area contributed by atoms with Gasteiger partial charge in [-0.15, -0.1) is 0 Å². The third kappa shape index (κ3) is 5.07. The van der Waals surface area contributed by atoms with E-state index >= 15 is 0 Å². The molecule has 0 amide bonds. The molecule has 0 aromatic carbocycles. The van der Waals surface area contributed by atoms with E-state index in [4.69, 9.17) is 9.96 Å². The Morgan fingerprint density at radius 1 is 1.17 bits per heavy atom. The number of azide groups is 1. The molecular weight excluding hydrogens is 318 g/mol. The number of rotatable bonds is 10. The van der Waals surface area contributed by atoms with Crippen molar-refractivity contribution in [3.05, 3.63) is 10.4 Å². The average molecular weight is 354 g/mol. The van der Waals surface area contributed by atoms with Crippen LogP contribution in [-0.4, -0.2) is 26.7 Å². The quantitative estimate of drug-likeness (QED) is 0.159. The van der Waals surface area contributed by atoms with Gasteiger partial charge in [0.1, 0.15) is 5.78 Å². The van der Waals surface area contributed by atoms with Crippen molar-refractivity contribution in [1.82, 2.24) is 0 Å². The summed E-state index contributed by atoms with van der Waals surface area (Å²) in [5.41, 5.74) is 9.94. The predicted octanol–water partition coefficient (Wildman–Crippen LogP) is 6.01. The molecule has 0 spiro atoms. The zero-order valence-electron chi connectivity index (χ0n) is 16.3. The van der Waals surface area contributed by atoms with E-state index in [2.05, 4.69) is 51.6 Å². The second kappa shape index (κ2) is 9.59. The van der Waals surface area contributed by atoms with E-state index in [9.17, 15) is 4.79 Å². The van der Waals surface area contributed by atoms with Crippen LogP contribution in [0.2, 0.25) is 16.6 Å². The summed E-state index contributed by atoms with van der Waals surface area (Å²) in [6, 6.07) is 0. The summed E-state index contributed by atoms with van der Waals surface area (Å²) in [6.07, 6.45) is 4.28. The van der Waals surface area contributed by atoms with Crippen molar-refractivity contribution in [2.75, 3.05) is 6.54 Å². The van der Waals surface area contributed by atoms with Crippen molar-refractivity contribution in [2.24, 2.45) is 11.0 Å². The van der Waals surface area contributed by atoms with E-state index in [-0.39, 0.29) is 12.0 Å². The molecule has 1 aliphatic rings. The molecule has 0 bridgehead atoms. The fourth-order valence-electron chi connectivity index (χ4n) is 4.61. The maximum atomic E-state index is 12.4. The van der Waals surface area contributed by atoms with E-state index < -0.39 is 8.32 Å². The first-order valence-corrected chi connectivity index (χ1v) is 11.6. The lowest BCUT2D eigenvalue weighted by atomic mass is 10.00. The highest BCUT2D eigenvalue weighted by Gasteiger charge is 2.48. The zero-order valence-corrected chi connectivity index (χ0v) is 17.3. The van der Waals surface area contributed by atoms with Gasteiger partial charge < -0.3 is 4.43 Å². The SMILES string of the molecule is CC(C)[Si](O[C@H]1CC(=O)[C@@H](CCCCN=[N+]=[N-])C1)(C(C)C)C(C)C. The van der Waals surface area contributed by atoms with E-state index in [1.54, 1.807) is 0 Å². The van der Waals surface area contributed by atoms with Gasteiger partial charge in [0.15, 0.2) is 0 Å². The summed E-state index contributed by atoms with van der Waals surface area (Å²) < 4.78 is 6.78. The molecule has 0 aromatic heterocycles. The first-order chi connectivity index (χ1) is 11.3. The average Bonchev–Trinajstić information content (AvgIpc) is 2.83. The Bertz CT molecular complexity index is 437. The lowest BCUT2D eigenvalue weighted by molar-refractivity contribution is -0.121. The molecule has 6 heteroatoms. The van der Waals surface area contributed by atoms with E-state index in [1.807, 2.05) is 0 Å². The number of Topliss-reactive ketones (excluding diaryl/α,β-unsaturated/α-hetero) is 1. The number of carbonyl (C=O) groups is 1. The Kier molecular flexibility index (Phi) is 8.47. The van der Waals surface area contributed by atoms with E-state index in [0.717, 1.165) is 25.7 Å². The lowest BCUT2D eigenvalue weighted by Crippen LogP contribution is -2.49. The maximum absolute atomic E-state index is 12.4. The Hall–Kier alpha value is -0.843. The number of carbonyl (C=O) groups excluding carboxylic acids is 1. The second-order valence-corrected chi connectivity index (χ2v) is 13.5. The molecule has 0 aromatic rings. The topological polar surface area (TPSA) is 75.1 Å².